The van der Waals surface area contributed by atoms with Crippen LogP contribution in [0.3, 0.4) is 0 Å². The number of nitrogens with one attached hydrogen (secondary N) is 2. The smallest absolute Gasteiger partial charge is 0.387 e. The number of ether oxygens (including phenoxy) is 4. The van der Waals surface area contributed by atoms with Crippen LogP contribution in [-0.2, 0) is 25.5 Å². The average Bonchev–Trinajstić information content (AvgIpc) is 4.04. The van der Waals surface area contributed by atoms with Crippen molar-refractivity contribution in [2.75, 3.05) is 38.1 Å². The van der Waals surface area contributed by atoms with Crippen LogP contribution in [0.15, 0.2) is 79.1 Å². The minimum Gasteiger partial charge on any atom is -0.619 e. The number of amides is 1. The fourth-order valence-corrected chi connectivity index (χ4v) is 7.86. The Kier molecular flexibility index (Phi) is 13.3. The predicted octanol–water partition coefficient (Wildman–Crippen LogP) is 7.20. The number of fused-ring (bicyclic) bond motifs is 3. The molecule has 3 aliphatic heterocycles. The van der Waals surface area contributed by atoms with Gasteiger partial charge in [0.25, 0.3) is 5.91 Å². The third-order valence-electron chi connectivity index (χ3n) is 10.6. The van der Waals surface area contributed by atoms with Crippen molar-refractivity contribution in [2.45, 2.75) is 57.0 Å². The summed E-state index contributed by atoms with van der Waals surface area (Å²) in [4.78, 5) is 42.7. The molecule has 0 spiro atoms. The second-order valence-electron chi connectivity index (χ2n) is 14.8. The SMILES string of the molecule is O=C(CNC(=O)c1cccc(NC(C(=O)O[C@H]2CN3CCC2CC3)c2cccc(F)c2)c1)O[C@@H](Cc1c(Cl)c[n+]([O-])cc1Cl)c1ccc(OC(F)F)c(OCC2CC2)c1. The van der Waals surface area contributed by atoms with E-state index in [0.717, 1.165) is 51.2 Å². The summed E-state index contributed by atoms with van der Waals surface area (Å²) < 4.78 is 63.6. The number of hydrogen-bond donors (Lipinski definition) is 2. The van der Waals surface area contributed by atoms with Crippen molar-refractivity contribution in [3.05, 3.63) is 122 Å². The minimum atomic E-state index is -3.12. The summed E-state index contributed by atoms with van der Waals surface area (Å²) in [5.74, 6) is -2.32. The van der Waals surface area contributed by atoms with Gasteiger partial charge in [0, 0.05) is 29.8 Å². The number of esters is 2. The molecule has 3 atom stereocenters. The Bertz CT molecular complexity index is 2150. The van der Waals surface area contributed by atoms with Crippen molar-refractivity contribution < 1.29 is 51.2 Å². The molecule has 4 aliphatic rings. The van der Waals surface area contributed by atoms with E-state index in [9.17, 15) is 32.8 Å². The molecule has 1 amide bonds. The van der Waals surface area contributed by atoms with Gasteiger partial charge in [-0.3, -0.25) is 14.5 Å². The van der Waals surface area contributed by atoms with E-state index < -0.39 is 49.0 Å². The molecular formula is C42H41Cl2F3N4O8. The molecule has 3 aromatic carbocycles. The lowest BCUT2D eigenvalue weighted by molar-refractivity contribution is -0.605. The lowest BCUT2D eigenvalue weighted by atomic mass is 9.86. The number of hydrogen-bond acceptors (Lipinski definition) is 10. The lowest BCUT2D eigenvalue weighted by Gasteiger charge is -2.44. The van der Waals surface area contributed by atoms with Crippen LogP contribution >= 0.6 is 23.2 Å². The van der Waals surface area contributed by atoms with Crippen LogP contribution < -0.4 is 24.8 Å². The normalized spacial score (nSPS) is 19.4. The van der Waals surface area contributed by atoms with Gasteiger partial charge in [-0.15, -0.1) is 0 Å². The number of aromatic nitrogens is 1. The first kappa shape index (κ1) is 41.9. The zero-order chi connectivity index (χ0) is 41.6. The van der Waals surface area contributed by atoms with Gasteiger partial charge in [0.2, 0.25) is 0 Å². The maximum atomic E-state index is 14.4. The summed E-state index contributed by atoms with van der Waals surface area (Å²) in [7, 11) is 0. The minimum absolute atomic E-state index is 0.00657. The molecule has 8 rings (SSSR count). The number of rotatable bonds is 17. The molecule has 3 saturated heterocycles. The quantitative estimate of drug-likeness (QED) is 0.0636. The molecule has 4 fully saturated rings. The third kappa shape index (κ3) is 11.1. The fraction of sp³-hybridized carbons (Fsp3) is 0.381. The Labute approximate surface area is 348 Å². The topological polar surface area (TPSA) is 142 Å². The highest BCUT2D eigenvalue weighted by atomic mass is 35.5. The first-order chi connectivity index (χ1) is 28.4. The summed E-state index contributed by atoms with van der Waals surface area (Å²) >= 11 is 12.7. The van der Waals surface area contributed by atoms with E-state index in [1.807, 2.05) is 0 Å². The second kappa shape index (κ2) is 18.8. The number of benzene rings is 3. The first-order valence-corrected chi connectivity index (χ1v) is 19.9. The number of pyridine rings is 1. The van der Waals surface area contributed by atoms with Crippen LogP contribution in [0, 0.1) is 22.9 Å². The number of alkyl halides is 2. The van der Waals surface area contributed by atoms with E-state index >= 15 is 0 Å². The molecular weight excluding hydrogens is 816 g/mol. The average molecular weight is 858 g/mol. The summed E-state index contributed by atoms with van der Waals surface area (Å²) in [6.45, 7) is -0.887. The second-order valence-corrected chi connectivity index (χ2v) is 15.6. The molecule has 312 valence electrons. The summed E-state index contributed by atoms with van der Waals surface area (Å²) in [5.41, 5.74) is 1.40. The van der Waals surface area contributed by atoms with Crippen molar-refractivity contribution in [3.63, 3.8) is 0 Å². The Morgan fingerprint density at radius 3 is 2.34 bits per heavy atom. The van der Waals surface area contributed by atoms with Gasteiger partial charge in [0.15, 0.2) is 29.9 Å². The molecule has 2 N–H and O–H groups in total. The van der Waals surface area contributed by atoms with Gasteiger partial charge in [-0.05, 0) is 104 Å². The molecule has 17 heteroatoms. The molecule has 1 saturated carbocycles. The Hall–Kier alpha value is -5.25. The maximum Gasteiger partial charge on any atom is 0.387 e. The van der Waals surface area contributed by atoms with Crippen LogP contribution in [0.1, 0.15) is 64.9 Å². The largest absolute Gasteiger partial charge is 0.619 e. The zero-order valence-corrected chi connectivity index (χ0v) is 33.1. The fourth-order valence-electron chi connectivity index (χ4n) is 7.26. The summed E-state index contributed by atoms with van der Waals surface area (Å²) in [6, 6.07) is 14.8. The van der Waals surface area contributed by atoms with Crippen molar-refractivity contribution in [1.29, 1.82) is 0 Å². The molecule has 0 radical (unpaired) electrons. The molecule has 2 bridgehead atoms. The summed E-state index contributed by atoms with van der Waals surface area (Å²) in [6.07, 6.45) is 4.33. The Morgan fingerprint density at radius 2 is 1.66 bits per heavy atom. The van der Waals surface area contributed by atoms with Gasteiger partial charge in [-0.25, -0.2) is 9.18 Å². The Morgan fingerprint density at radius 1 is 0.915 bits per heavy atom. The van der Waals surface area contributed by atoms with Gasteiger partial charge >= 0.3 is 18.6 Å². The van der Waals surface area contributed by atoms with Crippen LogP contribution in [-0.4, -0.2) is 68.2 Å². The van der Waals surface area contributed by atoms with Crippen molar-refractivity contribution in [3.8, 4) is 11.5 Å². The number of anilines is 1. The highest BCUT2D eigenvalue weighted by Crippen LogP contribution is 2.38. The van der Waals surface area contributed by atoms with Crippen molar-refractivity contribution in [2.24, 2.45) is 11.8 Å². The molecule has 4 heterocycles. The van der Waals surface area contributed by atoms with Gasteiger partial charge in [-0.2, -0.15) is 13.5 Å². The lowest BCUT2D eigenvalue weighted by Crippen LogP contribution is -2.52. The third-order valence-corrected chi connectivity index (χ3v) is 11.2. The van der Waals surface area contributed by atoms with Crippen molar-refractivity contribution >= 4 is 46.7 Å². The number of piperidine rings is 3. The molecule has 1 unspecified atom stereocenters. The maximum absolute atomic E-state index is 14.4. The monoisotopic (exact) mass is 856 g/mol. The number of carbonyl (C=O) groups excluding carboxylic acids is 3. The van der Waals surface area contributed by atoms with E-state index in [-0.39, 0.29) is 63.6 Å². The molecule has 1 aromatic heterocycles. The Balaban J connectivity index is 1.05. The number of nitrogens with zero attached hydrogens (tertiary/aromatic N) is 2. The number of carbonyl (C=O) groups is 3. The van der Waals surface area contributed by atoms with Crippen LogP contribution in [0.4, 0.5) is 18.9 Å². The van der Waals surface area contributed by atoms with E-state index in [2.05, 4.69) is 20.3 Å². The first-order valence-electron chi connectivity index (χ1n) is 19.2. The van der Waals surface area contributed by atoms with E-state index in [0.29, 0.717) is 28.1 Å². The van der Waals surface area contributed by atoms with Crippen LogP contribution in [0.25, 0.3) is 0 Å². The van der Waals surface area contributed by atoms with Gasteiger partial charge < -0.3 is 34.8 Å². The van der Waals surface area contributed by atoms with Gasteiger partial charge in [0.1, 0.15) is 34.6 Å². The van der Waals surface area contributed by atoms with E-state index in [1.165, 1.54) is 48.5 Å². The van der Waals surface area contributed by atoms with Crippen molar-refractivity contribution in [1.82, 2.24) is 10.2 Å². The molecule has 1 aliphatic carbocycles. The van der Waals surface area contributed by atoms with E-state index in [1.54, 1.807) is 18.2 Å². The molecule has 59 heavy (non-hydrogen) atoms. The van der Waals surface area contributed by atoms with E-state index in [4.69, 9.17) is 37.4 Å². The number of halogens is 5. The standard InChI is InChI=1S/C42H41Cl2F3N4O8/c43-32-20-51(55)21-33(44)31(32)18-35(26-9-10-34(59-42(46)47)36(17-26)56-23-24-7-8-24)57-38(52)19-48-40(53)28-4-2-6-30(16-28)49-39(27-3-1-5-29(45)15-27)41(54)58-37-22-50-13-11-25(37)12-14-50/h1-6,9-10,15-17,20-21,24-25,35,37,39,42,49H,7-8,11-14,18-19,22-23H2,(H,48,53)/t35-,37-,39?/m0/s1. The molecule has 12 nitrogen and oxygen atoms in total. The van der Waals surface area contributed by atoms with Gasteiger partial charge in [-0.1, -0.05) is 47.5 Å². The highest BCUT2D eigenvalue weighted by molar-refractivity contribution is 6.35. The summed E-state index contributed by atoms with van der Waals surface area (Å²) in [5, 5.41) is 17.5. The zero-order valence-electron chi connectivity index (χ0n) is 31.6. The highest BCUT2D eigenvalue weighted by Gasteiger charge is 2.38. The predicted molar refractivity (Wildman–Crippen MR) is 210 cm³/mol. The van der Waals surface area contributed by atoms with Gasteiger partial charge in [0.05, 0.1) is 6.61 Å². The van der Waals surface area contributed by atoms with Crippen LogP contribution in [0.2, 0.25) is 10.0 Å². The van der Waals surface area contributed by atoms with Crippen LogP contribution in [0.5, 0.6) is 11.5 Å². The molecule has 4 aromatic rings.